The topological polar surface area (TPSA) is 56.2 Å². The van der Waals surface area contributed by atoms with Gasteiger partial charge in [-0.25, -0.2) is 12.7 Å². The third-order valence-electron chi connectivity index (χ3n) is 6.52. The SMILES string of the molecule is CC(C)C1C=CC(S(=O)(=O)N2CCN=C2N2CCN(CC3CC3)CC2)=CC1C. The third kappa shape index (κ3) is 4.01. The highest BCUT2D eigenvalue weighted by atomic mass is 32.2. The van der Waals surface area contributed by atoms with Crippen LogP contribution in [-0.2, 0) is 10.0 Å². The molecule has 0 spiro atoms. The first-order chi connectivity index (χ1) is 13.4. The van der Waals surface area contributed by atoms with Crippen LogP contribution < -0.4 is 0 Å². The summed E-state index contributed by atoms with van der Waals surface area (Å²) in [6.45, 7) is 12.4. The van der Waals surface area contributed by atoms with Gasteiger partial charge < -0.3 is 4.90 Å². The number of guanidine groups is 1. The van der Waals surface area contributed by atoms with Crippen molar-refractivity contribution < 1.29 is 8.42 Å². The molecule has 2 atom stereocenters. The summed E-state index contributed by atoms with van der Waals surface area (Å²) in [7, 11) is -3.54. The van der Waals surface area contributed by atoms with Gasteiger partial charge in [0.05, 0.1) is 18.0 Å². The predicted molar refractivity (Wildman–Crippen MR) is 113 cm³/mol. The Morgan fingerprint density at radius 3 is 2.46 bits per heavy atom. The summed E-state index contributed by atoms with van der Waals surface area (Å²) in [5.41, 5.74) is 0. The van der Waals surface area contributed by atoms with Gasteiger partial charge in [0.2, 0.25) is 5.96 Å². The van der Waals surface area contributed by atoms with Gasteiger partial charge in [-0.05, 0) is 42.6 Å². The molecule has 0 aromatic rings. The first-order valence-electron chi connectivity index (χ1n) is 10.8. The number of rotatable bonds is 5. The molecule has 7 heteroatoms. The van der Waals surface area contributed by atoms with Gasteiger partial charge in [0.25, 0.3) is 10.0 Å². The molecule has 0 bridgehead atoms. The molecule has 1 saturated heterocycles. The minimum atomic E-state index is -3.54. The van der Waals surface area contributed by atoms with Crippen molar-refractivity contribution >= 4 is 16.0 Å². The maximum Gasteiger partial charge on any atom is 0.266 e. The number of allylic oxidation sites excluding steroid dienone is 3. The fraction of sp³-hybridized carbons (Fsp3) is 0.762. The molecule has 28 heavy (non-hydrogen) atoms. The van der Waals surface area contributed by atoms with Crippen LogP contribution in [0, 0.1) is 23.7 Å². The van der Waals surface area contributed by atoms with Crippen molar-refractivity contribution in [1.29, 1.82) is 0 Å². The molecule has 2 unspecified atom stereocenters. The number of hydrogen-bond donors (Lipinski definition) is 0. The van der Waals surface area contributed by atoms with E-state index < -0.39 is 10.0 Å². The third-order valence-corrected chi connectivity index (χ3v) is 8.32. The van der Waals surface area contributed by atoms with Crippen LogP contribution >= 0.6 is 0 Å². The first kappa shape index (κ1) is 20.0. The highest BCUT2D eigenvalue weighted by molar-refractivity contribution is 7.93. The smallest absolute Gasteiger partial charge is 0.266 e. The van der Waals surface area contributed by atoms with E-state index in [4.69, 9.17) is 0 Å². The Morgan fingerprint density at radius 2 is 1.86 bits per heavy atom. The molecule has 2 aliphatic heterocycles. The van der Waals surface area contributed by atoms with Crippen LogP contribution in [-0.4, -0.2) is 74.3 Å². The molecular weight excluding hydrogens is 372 g/mol. The summed E-state index contributed by atoms with van der Waals surface area (Å²) < 4.78 is 28.3. The standard InChI is InChI=1S/C21H34N4O2S/c1-16(2)20-7-6-19(14-17(20)3)28(26,27)25-9-8-22-21(25)24-12-10-23(11-13-24)15-18-4-5-18/h6-7,14,16-18,20H,4-5,8-13,15H2,1-3H3. The van der Waals surface area contributed by atoms with Gasteiger partial charge >= 0.3 is 0 Å². The molecule has 2 fully saturated rings. The van der Waals surface area contributed by atoms with Crippen LogP contribution in [0.1, 0.15) is 33.6 Å². The van der Waals surface area contributed by atoms with Gasteiger partial charge in [0.15, 0.2) is 0 Å². The average Bonchev–Trinajstić information content (AvgIpc) is 3.33. The normalized spacial score (nSPS) is 29.4. The fourth-order valence-corrected chi connectivity index (χ4v) is 6.24. The molecular formula is C21H34N4O2S. The molecule has 0 N–H and O–H groups in total. The summed E-state index contributed by atoms with van der Waals surface area (Å²) >= 11 is 0. The largest absolute Gasteiger partial charge is 0.339 e. The van der Waals surface area contributed by atoms with E-state index in [1.165, 1.54) is 19.4 Å². The minimum absolute atomic E-state index is 0.226. The van der Waals surface area contributed by atoms with Crippen LogP contribution in [0.5, 0.6) is 0 Å². The summed E-state index contributed by atoms with van der Waals surface area (Å²) in [6.07, 6.45) is 8.56. The van der Waals surface area contributed by atoms with Gasteiger partial charge in [-0.3, -0.25) is 9.89 Å². The molecule has 6 nitrogen and oxygen atoms in total. The highest BCUT2D eigenvalue weighted by Gasteiger charge is 2.37. The van der Waals surface area contributed by atoms with Crippen molar-refractivity contribution in [3.8, 4) is 0 Å². The molecule has 2 aliphatic carbocycles. The Balaban J connectivity index is 1.44. The van der Waals surface area contributed by atoms with E-state index in [2.05, 4.69) is 41.6 Å². The summed E-state index contributed by atoms with van der Waals surface area (Å²) in [6, 6.07) is 0. The van der Waals surface area contributed by atoms with E-state index >= 15 is 0 Å². The summed E-state index contributed by atoms with van der Waals surface area (Å²) in [4.78, 5) is 9.70. The average molecular weight is 407 g/mol. The Kier molecular flexibility index (Phi) is 5.58. The van der Waals surface area contributed by atoms with Gasteiger partial charge in [0.1, 0.15) is 0 Å². The summed E-state index contributed by atoms with van der Waals surface area (Å²) in [5, 5.41) is 0. The van der Waals surface area contributed by atoms with Gasteiger partial charge in [-0.2, -0.15) is 0 Å². The van der Waals surface area contributed by atoms with Gasteiger partial charge in [-0.15, -0.1) is 0 Å². The lowest BCUT2D eigenvalue weighted by Crippen LogP contribution is -2.53. The number of sulfonamides is 1. The lowest BCUT2D eigenvalue weighted by molar-refractivity contribution is 0.171. The molecule has 0 radical (unpaired) electrons. The van der Waals surface area contributed by atoms with Crippen molar-refractivity contribution in [2.45, 2.75) is 33.6 Å². The zero-order valence-corrected chi connectivity index (χ0v) is 18.2. The second kappa shape index (κ2) is 7.82. The Labute approximate surface area is 170 Å². The van der Waals surface area contributed by atoms with Gasteiger partial charge in [-0.1, -0.05) is 32.9 Å². The maximum absolute atomic E-state index is 13.4. The van der Waals surface area contributed by atoms with Crippen LogP contribution in [0.2, 0.25) is 0 Å². The van der Waals surface area contributed by atoms with E-state index in [1.54, 1.807) is 4.31 Å². The fourth-order valence-electron chi connectivity index (χ4n) is 4.64. The highest BCUT2D eigenvalue weighted by Crippen LogP contribution is 2.33. The molecule has 0 aromatic carbocycles. The number of piperazine rings is 1. The van der Waals surface area contributed by atoms with Crippen molar-refractivity contribution in [3.05, 3.63) is 23.1 Å². The second-order valence-corrected chi connectivity index (χ2v) is 11.0. The van der Waals surface area contributed by atoms with Gasteiger partial charge in [0, 0.05) is 32.7 Å². The van der Waals surface area contributed by atoms with Crippen LogP contribution in [0.15, 0.2) is 28.1 Å². The number of hydrogen-bond acceptors (Lipinski definition) is 5. The minimum Gasteiger partial charge on any atom is -0.339 e. The molecule has 0 amide bonds. The number of aliphatic imine (C=N–C) groups is 1. The Hall–Kier alpha value is -1.34. The van der Waals surface area contributed by atoms with E-state index in [1.807, 2.05) is 12.2 Å². The second-order valence-electron chi connectivity index (χ2n) is 9.10. The Bertz CT molecular complexity index is 774. The Morgan fingerprint density at radius 1 is 1.14 bits per heavy atom. The van der Waals surface area contributed by atoms with Crippen LogP contribution in [0.4, 0.5) is 0 Å². The van der Waals surface area contributed by atoms with Crippen molar-refractivity contribution in [3.63, 3.8) is 0 Å². The molecule has 2 heterocycles. The first-order valence-corrected chi connectivity index (χ1v) is 12.2. The molecule has 0 aromatic heterocycles. The molecule has 156 valence electrons. The molecule has 1 saturated carbocycles. The van der Waals surface area contributed by atoms with E-state index in [9.17, 15) is 8.42 Å². The van der Waals surface area contributed by atoms with E-state index in [-0.39, 0.29) is 5.92 Å². The lowest BCUT2D eigenvalue weighted by atomic mass is 9.82. The van der Waals surface area contributed by atoms with Crippen molar-refractivity contribution in [2.75, 3.05) is 45.8 Å². The van der Waals surface area contributed by atoms with E-state index in [0.717, 1.165) is 32.1 Å². The predicted octanol–water partition coefficient (Wildman–Crippen LogP) is 2.38. The van der Waals surface area contributed by atoms with Crippen LogP contribution in [0.3, 0.4) is 0 Å². The zero-order chi connectivity index (χ0) is 19.9. The maximum atomic E-state index is 13.4. The molecule has 4 rings (SSSR count). The quantitative estimate of drug-likeness (QED) is 0.703. The zero-order valence-electron chi connectivity index (χ0n) is 17.4. The molecule has 4 aliphatic rings. The van der Waals surface area contributed by atoms with Crippen LogP contribution in [0.25, 0.3) is 0 Å². The number of nitrogens with zero attached hydrogens (tertiary/aromatic N) is 4. The van der Waals surface area contributed by atoms with Crippen molar-refractivity contribution in [2.24, 2.45) is 28.7 Å². The van der Waals surface area contributed by atoms with E-state index in [0.29, 0.717) is 35.8 Å². The monoisotopic (exact) mass is 406 g/mol. The van der Waals surface area contributed by atoms with Crippen molar-refractivity contribution in [1.82, 2.24) is 14.1 Å². The summed E-state index contributed by atoms with van der Waals surface area (Å²) in [5.74, 6) is 2.67. The lowest BCUT2D eigenvalue weighted by Gasteiger charge is -2.38.